The number of hydrogen-bond acceptors (Lipinski definition) is 5. The molecule has 2 heterocycles. The van der Waals surface area contributed by atoms with E-state index in [0.717, 1.165) is 12.2 Å². The van der Waals surface area contributed by atoms with E-state index in [1.165, 1.54) is 6.20 Å². The van der Waals surface area contributed by atoms with Crippen LogP contribution in [0.3, 0.4) is 0 Å². The molecule has 5 N–H and O–H groups in total. The first-order chi connectivity index (χ1) is 19.1. The molecule has 220 valence electrons. The van der Waals surface area contributed by atoms with Gasteiger partial charge in [0.1, 0.15) is 23.0 Å². The number of carbonyl (C=O) groups excluding carboxylic acids is 2. The number of benzene rings is 1. The maximum Gasteiger partial charge on any atom is 0.417 e. The van der Waals surface area contributed by atoms with Gasteiger partial charge in [-0.1, -0.05) is 0 Å². The minimum absolute atomic E-state index is 0.113. The van der Waals surface area contributed by atoms with E-state index in [2.05, 4.69) is 10.6 Å². The number of aromatic nitrogens is 1. The molecule has 1 aliphatic rings. The zero-order valence-corrected chi connectivity index (χ0v) is 22.1. The molecule has 0 radical (unpaired) electrons. The average Bonchev–Trinajstić information content (AvgIpc) is 2.87. The van der Waals surface area contributed by atoms with E-state index in [4.69, 9.17) is 5.73 Å². The molecular formula is C27H27F6N5O3. The number of allylic oxidation sites excluding steroid dienone is 3. The Morgan fingerprint density at radius 2 is 1.71 bits per heavy atom. The van der Waals surface area contributed by atoms with E-state index in [9.17, 15) is 36.3 Å². The van der Waals surface area contributed by atoms with Gasteiger partial charge in [0.05, 0.1) is 16.8 Å². The lowest BCUT2D eigenvalue weighted by atomic mass is 9.99. The molecule has 2 unspecified atom stereocenters. The van der Waals surface area contributed by atoms with Crippen LogP contribution >= 0.6 is 0 Å². The number of likely N-dealkylation sites (N-methyl/N-ethyl adjacent to an activating group) is 1. The molecule has 2 atom stereocenters. The number of amides is 2. The fourth-order valence-electron chi connectivity index (χ4n) is 4.08. The van der Waals surface area contributed by atoms with E-state index in [-0.39, 0.29) is 35.8 Å². The lowest BCUT2D eigenvalue weighted by molar-refractivity contribution is -0.138. The van der Waals surface area contributed by atoms with E-state index in [1.54, 1.807) is 7.05 Å². The van der Waals surface area contributed by atoms with Crippen molar-refractivity contribution in [1.29, 1.82) is 0 Å². The lowest BCUT2D eigenvalue weighted by Crippen LogP contribution is -2.42. The fourth-order valence-corrected chi connectivity index (χ4v) is 4.08. The Morgan fingerprint density at radius 3 is 2.29 bits per heavy atom. The normalized spacial score (nSPS) is 22.9. The van der Waals surface area contributed by atoms with Crippen molar-refractivity contribution in [2.75, 3.05) is 13.6 Å². The van der Waals surface area contributed by atoms with Crippen molar-refractivity contribution in [3.05, 3.63) is 98.5 Å². The highest BCUT2D eigenvalue weighted by atomic mass is 19.4. The van der Waals surface area contributed by atoms with Crippen LogP contribution in [-0.2, 0) is 6.18 Å². The van der Waals surface area contributed by atoms with Crippen molar-refractivity contribution in [2.45, 2.75) is 38.5 Å². The van der Waals surface area contributed by atoms with Crippen molar-refractivity contribution >= 4 is 17.4 Å². The van der Waals surface area contributed by atoms with Crippen LogP contribution in [0.15, 0.2) is 59.1 Å². The second kappa shape index (κ2) is 12.5. The van der Waals surface area contributed by atoms with Crippen molar-refractivity contribution in [3.63, 3.8) is 0 Å². The van der Waals surface area contributed by atoms with Crippen LogP contribution in [0.2, 0.25) is 0 Å². The van der Waals surface area contributed by atoms with E-state index in [1.807, 2.05) is 23.7 Å². The standard InChI is InChI=1S/C27H27F6N5O3/c1-13-4-5-20(28)17(15-6-21(29)24(25(34)40)22(30)7-15)8-16(11-35-10-14(2)38(13)3)37-26(41)18-12-36-23(39)9-19(18)27(31,32)33/h5-9,11-14,35H,4,10H2,1-3H3,(H2,34,40)(H,36,39)(H,37,41)/b16-11-,17-8-,20-5+. The minimum Gasteiger partial charge on any atom is -0.388 e. The SMILES string of the molecule is CC1C\C=C(F)/C(c2cc(F)c(C(N)=O)c(F)c2)=C\C(NC(=O)c2c[nH]c(=O)cc2C(F)(F)F)=C\NCC(C)N1C. The van der Waals surface area contributed by atoms with Crippen LogP contribution in [0.5, 0.6) is 0 Å². The van der Waals surface area contributed by atoms with Gasteiger partial charge in [-0.05, 0) is 57.2 Å². The second-order valence-electron chi connectivity index (χ2n) is 9.47. The summed E-state index contributed by atoms with van der Waals surface area (Å²) >= 11 is 0. The molecule has 14 heteroatoms. The Kier molecular flexibility index (Phi) is 9.48. The number of nitrogens with zero attached hydrogens (tertiary/aromatic N) is 1. The summed E-state index contributed by atoms with van der Waals surface area (Å²) in [4.78, 5) is 39.8. The van der Waals surface area contributed by atoms with Gasteiger partial charge in [-0.25, -0.2) is 13.2 Å². The zero-order chi connectivity index (χ0) is 30.6. The summed E-state index contributed by atoms with van der Waals surface area (Å²) in [5.41, 5.74) is -0.669. The number of H-pyrrole nitrogens is 1. The molecule has 3 rings (SSSR count). The highest BCUT2D eigenvalue weighted by Gasteiger charge is 2.36. The first-order valence-corrected chi connectivity index (χ1v) is 12.2. The summed E-state index contributed by atoms with van der Waals surface area (Å²) in [7, 11) is 1.79. The molecular weight excluding hydrogens is 556 g/mol. The van der Waals surface area contributed by atoms with Gasteiger partial charge in [0, 0.05) is 42.7 Å². The Morgan fingerprint density at radius 1 is 1.07 bits per heavy atom. The summed E-state index contributed by atoms with van der Waals surface area (Å²) < 4.78 is 85.5. The predicted octanol–water partition coefficient (Wildman–Crippen LogP) is 3.98. The van der Waals surface area contributed by atoms with Crippen LogP contribution in [-0.4, -0.2) is 47.4 Å². The molecule has 1 aromatic carbocycles. The fraction of sp³-hybridized carbons (Fsp3) is 0.296. The van der Waals surface area contributed by atoms with Gasteiger partial charge in [0.2, 0.25) is 5.56 Å². The van der Waals surface area contributed by atoms with Gasteiger partial charge >= 0.3 is 6.18 Å². The maximum atomic E-state index is 15.6. The van der Waals surface area contributed by atoms with Gasteiger partial charge in [-0.2, -0.15) is 13.2 Å². The molecule has 1 aliphatic heterocycles. The van der Waals surface area contributed by atoms with Gasteiger partial charge < -0.3 is 21.4 Å². The Labute approximate surface area is 230 Å². The summed E-state index contributed by atoms with van der Waals surface area (Å²) in [6.45, 7) is 3.99. The van der Waals surface area contributed by atoms with Crippen molar-refractivity contribution in [1.82, 2.24) is 20.5 Å². The van der Waals surface area contributed by atoms with E-state index >= 15 is 4.39 Å². The zero-order valence-electron chi connectivity index (χ0n) is 22.1. The highest BCUT2D eigenvalue weighted by Crippen LogP contribution is 2.32. The number of nitrogens with two attached hydrogens (primary N) is 1. The molecule has 2 amide bonds. The molecule has 2 aromatic rings. The van der Waals surface area contributed by atoms with Gasteiger partial charge in [-0.15, -0.1) is 0 Å². The number of hydrogen-bond donors (Lipinski definition) is 4. The Bertz CT molecular complexity index is 1470. The number of alkyl halides is 3. The first-order valence-electron chi connectivity index (χ1n) is 12.2. The van der Waals surface area contributed by atoms with Gasteiger partial charge in [0.25, 0.3) is 11.8 Å². The largest absolute Gasteiger partial charge is 0.417 e. The minimum atomic E-state index is -5.05. The number of aromatic amines is 1. The third kappa shape index (κ3) is 7.45. The summed E-state index contributed by atoms with van der Waals surface area (Å²) in [6.07, 6.45) is -0.994. The summed E-state index contributed by atoms with van der Waals surface area (Å²) in [6, 6.07) is 1.27. The van der Waals surface area contributed by atoms with Gasteiger partial charge in [0.15, 0.2) is 0 Å². The smallest absolute Gasteiger partial charge is 0.388 e. The van der Waals surface area contributed by atoms with Crippen LogP contribution < -0.4 is 21.9 Å². The number of carbonyl (C=O) groups is 2. The summed E-state index contributed by atoms with van der Waals surface area (Å²) in [5.74, 6) is -6.41. The molecule has 0 aliphatic carbocycles. The predicted molar refractivity (Wildman–Crippen MR) is 139 cm³/mol. The van der Waals surface area contributed by atoms with Gasteiger partial charge in [-0.3, -0.25) is 19.3 Å². The highest BCUT2D eigenvalue weighted by molar-refractivity contribution is 5.97. The lowest BCUT2D eigenvalue weighted by Gasteiger charge is -2.30. The van der Waals surface area contributed by atoms with E-state index in [0.29, 0.717) is 24.9 Å². The third-order valence-electron chi connectivity index (χ3n) is 6.59. The topological polar surface area (TPSA) is 120 Å². The molecule has 0 saturated heterocycles. The Balaban J connectivity index is 2.18. The Hall–Kier alpha value is -4.33. The van der Waals surface area contributed by atoms with Crippen LogP contribution in [0, 0.1) is 11.6 Å². The molecule has 0 saturated carbocycles. The number of rotatable bonds is 4. The van der Waals surface area contributed by atoms with Crippen molar-refractivity contribution < 1.29 is 35.9 Å². The van der Waals surface area contributed by atoms with Crippen LogP contribution in [0.4, 0.5) is 26.3 Å². The maximum absolute atomic E-state index is 15.6. The summed E-state index contributed by atoms with van der Waals surface area (Å²) in [5, 5.41) is 5.13. The molecule has 0 fully saturated rings. The molecule has 0 bridgehead atoms. The van der Waals surface area contributed by atoms with Crippen molar-refractivity contribution in [3.8, 4) is 0 Å². The van der Waals surface area contributed by atoms with Crippen molar-refractivity contribution in [2.24, 2.45) is 5.73 Å². The molecule has 41 heavy (non-hydrogen) atoms. The van der Waals surface area contributed by atoms with E-state index < -0.39 is 63.3 Å². The van der Waals surface area contributed by atoms with Crippen LogP contribution in [0.1, 0.15) is 52.1 Å². The number of primary amides is 1. The number of pyridine rings is 1. The molecule has 1 aromatic heterocycles. The quantitative estimate of drug-likeness (QED) is 0.406. The average molecular weight is 584 g/mol. The van der Waals surface area contributed by atoms with Crippen LogP contribution in [0.25, 0.3) is 5.57 Å². The number of nitrogens with one attached hydrogen (secondary N) is 3. The molecule has 0 spiro atoms. The third-order valence-corrected chi connectivity index (χ3v) is 6.59. The first kappa shape index (κ1) is 31.2. The number of halogens is 6. The second-order valence-corrected chi connectivity index (χ2v) is 9.47. The monoisotopic (exact) mass is 583 g/mol. The molecule has 8 nitrogen and oxygen atoms in total.